The number of rotatable bonds is 4. The van der Waals surface area contributed by atoms with Crippen LogP contribution in [0, 0.1) is 6.92 Å². The van der Waals surface area contributed by atoms with Gasteiger partial charge in [0.2, 0.25) is 0 Å². The first-order chi connectivity index (χ1) is 7.25. The third-order valence-corrected chi connectivity index (χ3v) is 3.34. The van der Waals surface area contributed by atoms with Crippen molar-refractivity contribution in [2.24, 2.45) is 7.05 Å². The molecule has 0 bridgehead atoms. The molecule has 2 aromatic heterocycles. The van der Waals surface area contributed by atoms with Crippen molar-refractivity contribution in [1.29, 1.82) is 0 Å². The monoisotopic (exact) mass is 221 g/mol. The molecule has 0 aliphatic heterocycles. The maximum Gasteiger partial charge on any atom is 0.0947 e. The van der Waals surface area contributed by atoms with Crippen LogP contribution in [0.1, 0.15) is 16.1 Å². The molecule has 0 aliphatic rings. The number of nitrogens with one attached hydrogen (secondary N) is 1. The molecular formula is C11H15N3S. The zero-order valence-electron chi connectivity index (χ0n) is 9.03. The molecule has 0 saturated heterocycles. The summed E-state index contributed by atoms with van der Waals surface area (Å²) >= 11 is 1.80. The maximum atomic E-state index is 4.26. The fourth-order valence-corrected chi connectivity index (χ4v) is 2.32. The Bertz CT molecular complexity index is 430. The predicted octanol–water partition coefficient (Wildman–Crippen LogP) is 2.08. The molecular weight excluding hydrogens is 206 g/mol. The Morgan fingerprint density at radius 2 is 2.33 bits per heavy atom. The number of thiophene rings is 1. The van der Waals surface area contributed by atoms with Crippen molar-refractivity contribution in [2.75, 3.05) is 0 Å². The van der Waals surface area contributed by atoms with Crippen molar-refractivity contribution in [2.45, 2.75) is 20.0 Å². The largest absolute Gasteiger partial charge is 0.340 e. The highest BCUT2D eigenvalue weighted by Crippen LogP contribution is 2.14. The first-order valence-corrected chi connectivity index (χ1v) is 5.84. The van der Waals surface area contributed by atoms with Crippen LogP contribution in [0.2, 0.25) is 0 Å². The first-order valence-electron chi connectivity index (χ1n) is 4.96. The topological polar surface area (TPSA) is 29.9 Å². The number of imidazole rings is 1. The lowest BCUT2D eigenvalue weighted by atomic mass is 10.3. The fourth-order valence-electron chi connectivity index (χ4n) is 1.45. The van der Waals surface area contributed by atoms with E-state index in [2.05, 4.69) is 28.7 Å². The smallest absolute Gasteiger partial charge is 0.0947 e. The molecule has 0 saturated carbocycles. The highest BCUT2D eigenvalue weighted by atomic mass is 32.1. The lowest BCUT2D eigenvalue weighted by Crippen LogP contribution is -2.12. The van der Waals surface area contributed by atoms with Crippen LogP contribution < -0.4 is 5.32 Å². The molecule has 2 aromatic rings. The van der Waals surface area contributed by atoms with E-state index >= 15 is 0 Å². The maximum absolute atomic E-state index is 4.26. The first kappa shape index (κ1) is 10.4. The van der Waals surface area contributed by atoms with Gasteiger partial charge in [-0.05, 0) is 23.9 Å². The van der Waals surface area contributed by atoms with Crippen molar-refractivity contribution < 1.29 is 0 Å². The summed E-state index contributed by atoms with van der Waals surface area (Å²) in [5.41, 5.74) is 2.46. The summed E-state index contributed by atoms with van der Waals surface area (Å²) < 4.78 is 1.97. The highest BCUT2D eigenvalue weighted by molar-refractivity contribution is 7.10. The third-order valence-electron chi connectivity index (χ3n) is 2.32. The minimum Gasteiger partial charge on any atom is -0.340 e. The van der Waals surface area contributed by atoms with E-state index in [4.69, 9.17) is 0 Å². The van der Waals surface area contributed by atoms with Gasteiger partial charge >= 0.3 is 0 Å². The Kier molecular flexibility index (Phi) is 3.18. The molecule has 0 spiro atoms. The second-order valence-electron chi connectivity index (χ2n) is 3.66. The third kappa shape index (κ3) is 2.67. The molecule has 0 amide bonds. The van der Waals surface area contributed by atoms with Crippen LogP contribution in [-0.2, 0) is 20.1 Å². The molecule has 80 valence electrons. The zero-order valence-corrected chi connectivity index (χ0v) is 9.84. The summed E-state index contributed by atoms with van der Waals surface area (Å²) in [6, 6.07) is 2.16. The summed E-state index contributed by atoms with van der Waals surface area (Å²) in [7, 11) is 1.99. The summed E-state index contributed by atoms with van der Waals surface area (Å²) in [5, 5.41) is 5.52. The van der Waals surface area contributed by atoms with Crippen molar-refractivity contribution in [3.63, 3.8) is 0 Å². The minimum absolute atomic E-state index is 0.832. The predicted molar refractivity (Wildman–Crippen MR) is 62.8 cm³/mol. The van der Waals surface area contributed by atoms with E-state index in [1.807, 2.05) is 24.1 Å². The van der Waals surface area contributed by atoms with E-state index in [1.165, 1.54) is 10.4 Å². The summed E-state index contributed by atoms with van der Waals surface area (Å²) in [4.78, 5) is 5.67. The van der Waals surface area contributed by atoms with Crippen LogP contribution in [0.5, 0.6) is 0 Å². The second-order valence-corrected chi connectivity index (χ2v) is 4.66. The Hall–Kier alpha value is -1.13. The van der Waals surface area contributed by atoms with E-state index in [-0.39, 0.29) is 0 Å². The van der Waals surface area contributed by atoms with Gasteiger partial charge < -0.3 is 9.88 Å². The van der Waals surface area contributed by atoms with E-state index in [1.54, 1.807) is 11.3 Å². The van der Waals surface area contributed by atoms with Crippen molar-refractivity contribution >= 4 is 11.3 Å². The second kappa shape index (κ2) is 4.59. The van der Waals surface area contributed by atoms with Crippen LogP contribution in [0.15, 0.2) is 24.0 Å². The van der Waals surface area contributed by atoms with Gasteiger partial charge in [0.05, 0.1) is 12.0 Å². The van der Waals surface area contributed by atoms with E-state index in [0.717, 1.165) is 18.8 Å². The van der Waals surface area contributed by atoms with Crippen molar-refractivity contribution in [3.05, 3.63) is 40.1 Å². The van der Waals surface area contributed by atoms with Gasteiger partial charge in [-0.3, -0.25) is 0 Å². The van der Waals surface area contributed by atoms with Gasteiger partial charge in [-0.1, -0.05) is 0 Å². The lowest BCUT2D eigenvalue weighted by molar-refractivity contribution is 0.686. The fraction of sp³-hybridized carbons (Fsp3) is 0.364. The zero-order chi connectivity index (χ0) is 10.7. The van der Waals surface area contributed by atoms with Gasteiger partial charge in [0.15, 0.2) is 0 Å². The number of aryl methyl sites for hydroxylation is 2. The Morgan fingerprint density at radius 1 is 1.47 bits per heavy atom. The molecule has 2 rings (SSSR count). The van der Waals surface area contributed by atoms with Crippen molar-refractivity contribution in [1.82, 2.24) is 14.9 Å². The average Bonchev–Trinajstić information content (AvgIpc) is 2.77. The van der Waals surface area contributed by atoms with Crippen LogP contribution >= 0.6 is 11.3 Å². The minimum atomic E-state index is 0.832. The van der Waals surface area contributed by atoms with Crippen molar-refractivity contribution in [3.8, 4) is 0 Å². The number of nitrogens with zero attached hydrogens (tertiary/aromatic N) is 2. The van der Waals surface area contributed by atoms with Gasteiger partial charge in [0, 0.05) is 31.2 Å². The normalized spacial score (nSPS) is 10.8. The standard InChI is InChI=1S/C11H15N3S/c1-9-3-4-15-11(9)6-12-5-10-7-14(2)8-13-10/h3-4,7-8,12H,5-6H2,1-2H3. The Morgan fingerprint density at radius 3 is 2.93 bits per heavy atom. The van der Waals surface area contributed by atoms with Gasteiger partial charge in [-0.15, -0.1) is 11.3 Å². The lowest BCUT2D eigenvalue weighted by Gasteiger charge is -2.01. The van der Waals surface area contributed by atoms with E-state index in [0.29, 0.717) is 0 Å². The molecule has 1 N–H and O–H groups in total. The van der Waals surface area contributed by atoms with E-state index in [9.17, 15) is 0 Å². The molecule has 0 radical (unpaired) electrons. The molecule has 4 heteroatoms. The molecule has 0 fully saturated rings. The van der Waals surface area contributed by atoms with Crippen LogP contribution in [0.3, 0.4) is 0 Å². The Balaban J connectivity index is 1.83. The van der Waals surface area contributed by atoms with Gasteiger partial charge in [0.1, 0.15) is 0 Å². The van der Waals surface area contributed by atoms with Crippen LogP contribution in [-0.4, -0.2) is 9.55 Å². The molecule has 0 aliphatic carbocycles. The summed E-state index contributed by atoms with van der Waals surface area (Å²) in [6.07, 6.45) is 3.86. The number of hydrogen-bond acceptors (Lipinski definition) is 3. The molecule has 2 heterocycles. The van der Waals surface area contributed by atoms with Crippen LogP contribution in [0.4, 0.5) is 0 Å². The van der Waals surface area contributed by atoms with E-state index < -0.39 is 0 Å². The number of aromatic nitrogens is 2. The van der Waals surface area contributed by atoms with Gasteiger partial charge in [0.25, 0.3) is 0 Å². The molecule has 0 unspecified atom stereocenters. The van der Waals surface area contributed by atoms with Gasteiger partial charge in [-0.25, -0.2) is 4.98 Å². The highest BCUT2D eigenvalue weighted by Gasteiger charge is 2.00. The summed E-state index contributed by atoms with van der Waals surface area (Å²) in [6.45, 7) is 3.91. The number of hydrogen-bond donors (Lipinski definition) is 1. The average molecular weight is 221 g/mol. The molecule has 15 heavy (non-hydrogen) atoms. The van der Waals surface area contributed by atoms with Gasteiger partial charge in [-0.2, -0.15) is 0 Å². The molecule has 3 nitrogen and oxygen atoms in total. The molecule has 0 atom stereocenters. The Labute approximate surface area is 93.8 Å². The molecule has 0 aromatic carbocycles. The SMILES string of the molecule is Cc1ccsc1CNCc1cn(C)cn1. The van der Waals surface area contributed by atoms with Crippen LogP contribution in [0.25, 0.3) is 0 Å². The quantitative estimate of drug-likeness (QED) is 0.856. The summed E-state index contributed by atoms with van der Waals surface area (Å²) in [5.74, 6) is 0.